The van der Waals surface area contributed by atoms with Crippen LogP contribution in [0.5, 0.6) is 0 Å². The van der Waals surface area contributed by atoms with E-state index in [4.69, 9.17) is 19.4 Å². The second-order valence-corrected chi connectivity index (χ2v) is 6.42. The number of carbonyl (C=O) groups excluding carboxylic acids is 3. The van der Waals surface area contributed by atoms with Crippen molar-refractivity contribution >= 4 is 17.9 Å². The molecular formula is C18H24O12. The van der Waals surface area contributed by atoms with Gasteiger partial charge in [0.05, 0.1) is 0 Å². The van der Waals surface area contributed by atoms with Crippen molar-refractivity contribution in [3.05, 3.63) is 36.5 Å². The molecule has 1 aliphatic rings. The summed E-state index contributed by atoms with van der Waals surface area (Å²) in [5, 5.41) is 19.8. The number of rotatable bonds is 11. The molecule has 0 aliphatic carbocycles. The maximum absolute atomic E-state index is 11.6. The highest BCUT2D eigenvalue weighted by Gasteiger charge is 2.50. The predicted octanol–water partition coefficient (Wildman–Crippen LogP) is -0.0456. The Morgan fingerprint density at radius 3 is 1.93 bits per heavy atom. The number of hydrogen-bond acceptors (Lipinski definition) is 12. The quantitative estimate of drug-likeness (QED) is 0.255. The lowest BCUT2D eigenvalue weighted by Gasteiger charge is -2.24. The number of ether oxygens (including phenoxy) is 1. The van der Waals surface area contributed by atoms with Gasteiger partial charge in [-0.15, -0.1) is 0 Å². The van der Waals surface area contributed by atoms with Gasteiger partial charge in [-0.1, -0.05) is 19.7 Å². The van der Waals surface area contributed by atoms with E-state index in [-0.39, 0.29) is 16.7 Å². The van der Waals surface area contributed by atoms with Gasteiger partial charge in [-0.05, 0) is 20.8 Å². The third-order valence-corrected chi connectivity index (χ3v) is 3.51. The van der Waals surface area contributed by atoms with Crippen molar-refractivity contribution in [3.63, 3.8) is 0 Å². The van der Waals surface area contributed by atoms with E-state index in [0.29, 0.717) is 0 Å². The first-order valence-corrected chi connectivity index (χ1v) is 8.52. The van der Waals surface area contributed by atoms with Crippen LogP contribution in [0.25, 0.3) is 0 Å². The SMILES string of the molecule is C=C(C)C(=O)OOCC(OOC(=O)C(=C)C)[C@H]1OC(O)[C@H](O)[C@H]1OOC(=O)C(=C)C. The molecular weight excluding hydrogens is 408 g/mol. The molecule has 1 aliphatic heterocycles. The Hall–Kier alpha value is -2.61. The van der Waals surface area contributed by atoms with Gasteiger partial charge >= 0.3 is 17.9 Å². The molecule has 0 bridgehead atoms. The van der Waals surface area contributed by atoms with Gasteiger partial charge in [0, 0.05) is 16.7 Å². The minimum Gasteiger partial charge on any atom is -0.385 e. The third-order valence-electron chi connectivity index (χ3n) is 3.51. The first-order valence-electron chi connectivity index (χ1n) is 8.52. The topological polar surface area (TPSA) is 156 Å². The normalized spacial score (nSPS) is 23.9. The van der Waals surface area contributed by atoms with Crippen LogP contribution in [0.1, 0.15) is 20.8 Å². The highest BCUT2D eigenvalue weighted by atomic mass is 17.2. The van der Waals surface area contributed by atoms with Crippen LogP contribution < -0.4 is 0 Å². The fourth-order valence-electron chi connectivity index (χ4n) is 1.84. The zero-order chi connectivity index (χ0) is 23.0. The third kappa shape index (κ3) is 7.33. The maximum Gasteiger partial charge on any atom is 0.368 e. The zero-order valence-electron chi connectivity index (χ0n) is 16.7. The van der Waals surface area contributed by atoms with Crippen molar-refractivity contribution in [1.82, 2.24) is 0 Å². The van der Waals surface area contributed by atoms with Crippen molar-refractivity contribution in [2.24, 2.45) is 0 Å². The number of hydrogen-bond donors (Lipinski definition) is 2. The largest absolute Gasteiger partial charge is 0.385 e. The summed E-state index contributed by atoms with van der Waals surface area (Å²) in [7, 11) is 0. The summed E-state index contributed by atoms with van der Waals surface area (Å²) in [6.45, 7) is 13.6. The van der Waals surface area contributed by atoms with Gasteiger partial charge in [-0.3, -0.25) is 14.7 Å². The minimum atomic E-state index is -1.77. The Labute approximate surface area is 172 Å². The van der Waals surface area contributed by atoms with Gasteiger partial charge in [0.25, 0.3) is 0 Å². The van der Waals surface area contributed by atoms with E-state index >= 15 is 0 Å². The predicted molar refractivity (Wildman–Crippen MR) is 95.3 cm³/mol. The summed E-state index contributed by atoms with van der Waals surface area (Å²) >= 11 is 0. The molecule has 0 aromatic heterocycles. The molecule has 0 amide bonds. The van der Waals surface area contributed by atoms with E-state index < -0.39 is 55.2 Å². The molecule has 0 spiro atoms. The highest BCUT2D eigenvalue weighted by Crippen LogP contribution is 2.27. The molecule has 2 N–H and O–H groups in total. The van der Waals surface area contributed by atoms with Gasteiger partial charge in [0.2, 0.25) is 0 Å². The molecule has 1 heterocycles. The lowest BCUT2D eigenvalue weighted by atomic mass is 10.1. The van der Waals surface area contributed by atoms with E-state index in [0.717, 1.165) is 0 Å². The Morgan fingerprint density at radius 2 is 1.40 bits per heavy atom. The van der Waals surface area contributed by atoms with E-state index in [1.807, 2.05) is 0 Å². The van der Waals surface area contributed by atoms with Crippen LogP contribution >= 0.6 is 0 Å². The molecule has 168 valence electrons. The molecule has 0 radical (unpaired) electrons. The van der Waals surface area contributed by atoms with Crippen molar-refractivity contribution < 1.29 is 58.7 Å². The van der Waals surface area contributed by atoms with Crippen LogP contribution in [0.15, 0.2) is 36.5 Å². The first kappa shape index (κ1) is 25.4. The average molecular weight is 432 g/mol. The van der Waals surface area contributed by atoms with Crippen molar-refractivity contribution in [1.29, 1.82) is 0 Å². The molecule has 1 rings (SSSR count). The monoisotopic (exact) mass is 432 g/mol. The molecule has 0 aromatic rings. The van der Waals surface area contributed by atoms with Crippen molar-refractivity contribution in [2.45, 2.75) is 51.5 Å². The molecule has 30 heavy (non-hydrogen) atoms. The van der Waals surface area contributed by atoms with Crippen molar-refractivity contribution in [2.75, 3.05) is 6.61 Å². The Balaban J connectivity index is 2.92. The van der Waals surface area contributed by atoms with E-state index in [1.165, 1.54) is 20.8 Å². The van der Waals surface area contributed by atoms with Crippen LogP contribution in [-0.2, 0) is 48.4 Å². The second-order valence-electron chi connectivity index (χ2n) is 6.42. The zero-order valence-corrected chi connectivity index (χ0v) is 16.7. The van der Waals surface area contributed by atoms with E-state index in [2.05, 4.69) is 34.4 Å². The molecule has 0 saturated carbocycles. The minimum absolute atomic E-state index is 0.000948. The number of aliphatic hydroxyl groups excluding tert-OH is 2. The smallest absolute Gasteiger partial charge is 0.368 e. The summed E-state index contributed by atoms with van der Waals surface area (Å²) in [6.07, 6.45) is -7.79. The fourth-order valence-corrected chi connectivity index (χ4v) is 1.84. The summed E-state index contributed by atoms with van der Waals surface area (Å²) in [5.74, 6) is -2.77. The van der Waals surface area contributed by atoms with Gasteiger partial charge in [0.15, 0.2) is 18.5 Å². The van der Waals surface area contributed by atoms with Gasteiger partial charge in [0.1, 0.15) is 18.8 Å². The van der Waals surface area contributed by atoms with Gasteiger partial charge in [-0.2, -0.15) is 14.7 Å². The highest BCUT2D eigenvalue weighted by molar-refractivity contribution is 5.87. The Morgan fingerprint density at radius 1 is 0.900 bits per heavy atom. The summed E-state index contributed by atoms with van der Waals surface area (Å²) in [4.78, 5) is 62.7. The Kier molecular flexibility index (Phi) is 9.78. The lowest BCUT2D eigenvalue weighted by Crippen LogP contribution is -2.45. The number of aliphatic hydroxyl groups is 2. The van der Waals surface area contributed by atoms with Crippen molar-refractivity contribution in [3.8, 4) is 0 Å². The van der Waals surface area contributed by atoms with Crippen LogP contribution in [0, 0.1) is 0 Å². The summed E-state index contributed by atoms with van der Waals surface area (Å²) in [5.41, 5.74) is 0.0368. The van der Waals surface area contributed by atoms with Crippen LogP contribution in [0.3, 0.4) is 0 Å². The van der Waals surface area contributed by atoms with E-state index in [9.17, 15) is 24.6 Å². The molecule has 2 unspecified atom stereocenters. The van der Waals surface area contributed by atoms with Gasteiger partial charge < -0.3 is 14.9 Å². The Bertz CT molecular complexity index is 699. The average Bonchev–Trinajstić information content (AvgIpc) is 2.95. The fraction of sp³-hybridized carbons (Fsp3) is 0.500. The molecule has 1 saturated heterocycles. The molecule has 12 nitrogen and oxygen atoms in total. The second kappa shape index (κ2) is 11.5. The van der Waals surface area contributed by atoms with Crippen LogP contribution in [0.2, 0.25) is 0 Å². The lowest BCUT2D eigenvalue weighted by molar-refractivity contribution is -0.364. The molecule has 0 aromatic carbocycles. The standard InChI is InChI=1S/C18H24O12/c1-8(2)15(20)28-24-7-11(26-29-16(21)9(3)4)13-14(12(19)18(23)25-13)27-30-17(22)10(5)6/h11-14,18-19,23H,1,3,5,7H2,2,4,6H3/t11?,12-,13-,14-,18?/m1/s1. The summed E-state index contributed by atoms with van der Waals surface area (Å²) in [6, 6.07) is 0. The molecule has 12 heteroatoms. The molecule has 1 fully saturated rings. The molecule has 5 atom stereocenters. The summed E-state index contributed by atoms with van der Waals surface area (Å²) < 4.78 is 5.13. The first-order chi connectivity index (χ1) is 14.0. The van der Waals surface area contributed by atoms with E-state index in [1.54, 1.807) is 0 Å². The van der Waals surface area contributed by atoms with Gasteiger partial charge in [-0.25, -0.2) is 14.4 Å². The number of carbonyl (C=O) groups is 3. The van der Waals surface area contributed by atoms with Crippen LogP contribution in [0.4, 0.5) is 0 Å². The van der Waals surface area contributed by atoms with Crippen LogP contribution in [-0.4, -0.2) is 65.4 Å². The maximum atomic E-state index is 11.6.